The zero-order chi connectivity index (χ0) is 9.68. The number of rotatable bonds is 2. The molecule has 0 aliphatic heterocycles. The topological polar surface area (TPSA) is 49.8 Å². The molecule has 0 aliphatic rings. The lowest BCUT2D eigenvalue weighted by molar-refractivity contribution is 1.36. The molecule has 0 amide bonds. The van der Waals surface area contributed by atoms with E-state index in [4.69, 9.17) is 11.0 Å². The first kappa shape index (κ1) is 9.12. The molecule has 13 heavy (non-hydrogen) atoms. The summed E-state index contributed by atoms with van der Waals surface area (Å²) >= 11 is 0. The van der Waals surface area contributed by atoms with Gasteiger partial charge >= 0.3 is 0 Å². The predicted octanol–water partition coefficient (Wildman–Crippen LogP) is 2.35. The zero-order valence-corrected chi connectivity index (χ0v) is 7.25. The Hall–Kier alpha value is -1.97. The van der Waals surface area contributed by atoms with Gasteiger partial charge in [0.25, 0.3) is 0 Å². The van der Waals surface area contributed by atoms with Crippen molar-refractivity contribution >= 4 is 11.3 Å². The first-order chi connectivity index (χ1) is 6.29. The third kappa shape index (κ3) is 1.99. The Balaban J connectivity index is 3.15. The molecule has 0 aliphatic carbocycles. The highest BCUT2D eigenvalue weighted by molar-refractivity contribution is 5.75. The molecule has 0 saturated heterocycles. The van der Waals surface area contributed by atoms with E-state index < -0.39 is 0 Å². The second-order valence-electron chi connectivity index (χ2n) is 2.58. The number of benzene rings is 1. The molecule has 2 heteroatoms. The maximum absolute atomic E-state index is 8.54. The molecule has 2 N–H and O–H groups in total. The van der Waals surface area contributed by atoms with Crippen LogP contribution in [-0.4, -0.2) is 0 Å². The van der Waals surface area contributed by atoms with E-state index in [1.165, 1.54) is 0 Å². The maximum Gasteiger partial charge on any atom is 0.0681 e. The number of nitrogen functional groups attached to an aromatic ring is 1. The summed E-state index contributed by atoms with van der Waals surface area (Å²) in [6.45, 7) is 3.53. The minimum Gasteiger partial charge on any atom is -0.398 e. The number of nitrogens with two attached hydrogens (primary N) is 1. The second kappa shape index (κ2) is 4.15. The Morgan fingerprint density at radius 1 is 1.46 bits per heavy atom. The van der Waals surface area contributed by atoms with Gasteiger partial charge in [0.15, 0.2) is 0 Å². The largest absolute Gasteiger partial charge is 0.398 e. The van der Waals surface area contributed by atoms with Crippen LogP contribution in [0.15, 0.2) is 36.6 Å². The highest BCUT2D eigenvalue weighted by Gasteiger charge is 2.02. The molecule has 1 aromatic rings. The fourth-order valence-electron chi connectivity index (χ4n) is 1.10. The quantitative estimate of drug-likeness (QED) is 0.547. The van der Waals surface area contributed by atoms with Crippen molar-refractivity contribution in [2.75, 3.05) is 5.73 Å². The summed E-state index contributed by atoms with van der Waals surface area (Å²) in [4.78, 5) is 0. The standard InChI is InChI=1S/C11H10N2/c1-2-9(7-8-12)10-5-3-4-6-11(10)13/h3-6H,1,7,13H2. The molecule has 64 valence electrons. The van der Waals surface area contributed by atoms with Gasteiger partial charge in [-0.3, -0.25) is 0 Å². The van der Waals surface area contributed by atoms with Crippen LogP contribution < -0.4 is 5.73 Å². The van der Waals surface area contributed by atoms with Crippen LogP contribution in [0.4, 0.5) is 5.69 Å². The summed E-state index contributed by atoms with van der Waals surface area (Å²) in [6.07, 6.45) is 0.289. The smallest absolute Gasteiger partial charge is 0.0681 e. The molecular weight excluding hydrogens is 160 g/mol. The average Bonchev–Trinajstić information content (AvgIpc) is 2.16. The van der Waals surface area contributed by atoms with E-state index in [-0.39, 0.29) is 6.42 Å². The number of para-hydroxylation sites is 1. The molecule has 1 aromatic carbocycles. The van der Waals surface area contributed by atoms with Crippen molar-refractivity contribution in [2.24, 2.45) is 0 Å². The van der Waals surface area contributed by atoms with Crippen molar-refractivity contribution in [2.45, 2.75) is 6.42 Å². The fraction of sp³-hybridized carbons (Fsp3) is 0.0909. The highest BCUT2D eigenvalue weighted by Crippen LogP contribution is 2.22. The van der Waals surface area contributed by atoms with Gasteiger partial charge in [-0.25, -0.2) is 0 Å². The highest BCUT2D eigenvalue weighted by atomic mass is 14.6. The normalized spacial score (nSPS) is 8.54. The van der Waals surface area contributed by atoms with Crippen LogP contribution in [-0.2, 0) is 0 Å². The molecule has 0 radical (unpaired) electrons. The summed E-state index contributed by atoms with van der Waals surface area (Å²) < 4.78 is 0. The van der Waals surface area contributed by atoms with Gasteiger partial charge in [-0.2, -0.15) is 5.26 Å². The monoisotopic (exact) mass is 170 g/mol. The van der Waals surface area contributed by atoms with Crippen molar-refractivity contribution < 1.29 is 0 Å². The van der Waals surface area contributed by atoms with Crippen LogP contribution in [0.2, 0.25) is 0 Å². The van der Waals surface area contributed by atoms with E-state index in [0.29, 0.717) is 5.69 Å². The van der Waals surface area contributed by atoms with Crippen LogP contribution >= 0.6 is 0 Å². The number of allylic oxidation sites excluding steroid dienone is 1. The van der Waals surface area contributed by atoms with Crippen molar-refractivity contribution in [3.05, 3.63) is 42.1 Å². The summed E-state index contributed by atoms with van der Waals surface area (Å²) in [5.74, 6) is 0. The lowest BCUT2D eigenvalue weighted by Crippen LogP contribution is -1.92. The molecule has 0 fully saturated rings. The van der Waals surface area contributed by atoms with Crippen molar-refractivity contribution in [1.29, 1.82) is 5.26 Å². The van der Waals surface area contributed by atoms with Crippen molar-refractivity contribution in [1.82, 2.24) is 0 Å². The van der Waals surface area contributed by atoms with Crippen LogP contribution in [0.3, 0.4) is 0 Å². The number of hydrogen-bond acceptors (Lipinski definition) is 2. The Morgan fingerprint density at radius 2 is 2.15 bits per heavy atom. The lowest BCUT2D eigenvalue weighted by Gasteiger charge is -2.03. The van der Waals surface area contributed by atoms with E-state index in [1.54, 1.807) is 6.07 Å². The predicted molar refractivity (Wildman–Crippen MR) is 53.6 cm³/mol. The van der Waals surface area contributed by atoms with Gasteiger partial charge in [0.1, 0.15) is 0 Å². The summed E-state index contributed by atoms with van der Waals surface area (Å²) in [6, 6.07) is 9.43. The number of anilines is 1. The maximum atomic E-state index is 8.54. The van der Waals surface area contributed by atoms with Crippen LogP contribution in [0.5, 0.6) is 0 Å². The molecule has 0 spiro atoms. The van der Waals surface area contributed by atoms with Crippen LogP contribution in [0, 0.1) is 11.3 Å². The van der Waals surface area contributed by atoms with Gasteiger partial charge in [-0.15, -0.1) is 5.73 Å². The number of hydrogen-bond donors (Lipinski definition) is 1. The van der Waals surface area contributed by atoms with E-state index in [1.807, 2.05) is 24.3 Å². The van der Waals surface area contributed by atoms with Crippen molar-refractivity contribution in [3.63, 3.8) is 0 Å². The van der Waals surface area contributed by atoms with Crippen molar-refractivity contribution in [3.8, 4) is 6.07 Å². The van der Waals surface area contributed by atoms with E-state index in [9.17, 15) is 0 Å². The van der Waals surface area contributed by atoms with E-state index in [2.05, 4.69) is 12.3 Å². The number of nitrogens with zero attached hydrogens (tertiary/aromatic N) is 1. The van der Waals surface area contributed by atoms with Crippen LogP contribution in [0.1, 0.15) is 12.0 Å². The molecule has 0 unspecified atom stereocenters. The molecule has 1 rings (SSSR count). The van der Waals surface area contributed by atoms with Gasteiger partial charge < -0.3 is 5.73 Å². The third-order valence-corrected chi connectivity index (χ3v) is 1.76. The molecular formula is C11H10N2. The first-order valence-corrected chi connectivity index (χ1v) is 3.90. The summed E-state index contributed by atoms with van der Waals surface area (Å²) in [5, 5.41) is 8.54. The SMILES string of the molecule is C=C=C(CC#N)c1ccccc1N. The van der Waals surface area contributed by atoms with Gasteiger partial charge in [0.05, 0.1) is 12.5 Å². The Labute approximate surface area is 77.6 Å². The summed E-state index contributed by atoms with van der Waals surface area (Å²) in [5.41, 5.74) is 10.7. The van der Waals surface area contributed by atoms with Gasteiger partial charge in [-0.1, -0.05) is 24.8 Å². The zero-order valence-electron chi connectivity index (χ0n) is 7.25. The molecule has 2 nitrogen and oxygen atoms in total. The van der Waals surface area contributed by atoms with Crippen LogP contribution in [0.25, 0.3) is 5.57 Å². The summed E-state index contributed by atoms with van der Waals surface area (Å²) in [7, 11) is 0. The fourth-order valence-corrected chi connectivity index (χ4v) is 1.10. The number of nitriles is 1. The van der Waals surface area contributed by atoms with Gasteiger partial charge in [-0.05, 0) is 6.07 Å². The van der Waals surface area contributed by atoms with Gasteiger partial charge in [0.2, 0.25) is 0 Å². The Kier molecular flexibility index (Phi) is 2.92. The first-order valence-electron chi connectivity index (χ1n) is 3.90. The Bertz CT molecular complexity index is 393. The second-order valence-corrected chi connectivity index (χ2v) is 2.58. The minimum absolute atomic E-state index is 0.289. The lowest BCUT2D eigenvalue weighted by atomic mass is 10.0. The average molecular weight is 170 g/mol. The van der Waals surface area contributed by atoms with Gasteiger partial charge in [0, 0.05) is 16.8 Å². The minimum atomic E-state index is 0.289. The Morgan fingerprint density at radius 3 is 2.69 bits per heavy atom. The molecule has 0 aromatic heterocycles. The molecule has 0 heterocycles. The molecule has 0 atom stereocenters. The molecule has 0 saturated carbocycles. The third-order valence-electron chi connectivity index (χ3n) is 1.76. The van der Waals surface area contributed by atoms with E-state index in [0.717, 1.165) is 11.1 Å². The van der Waals surface area contributed by atoms with E-state index >= 15 is 0 Å². The molecule has 0 bridgehead atoms.